The first-order valence-electron chi connectivity index (χ1n) is 2.75. The van der Waals surface area contributed by atoms with Gasteiger partial charge in [-0.2, -0.15) is 0 Å². The Kier molecular flexibility index (Phi) is 1.12. The van der Waals surface area contributed by atoms with E-state index in [9.17, 15) is 8.78 Å². The first kappa shape index (κ1) is 7.22. The summed E-state index contributed by atoms with van der Waals surface area (Å²) in [6.45, 7) is 0. The Bertz CT molecular complexity index is 140. The van der Waals surface area contributed by atoms with Crippen LogP contribution in [0.2, 0.25) is 0 Å². The van der Waals surface area contributed by atoms with E-state index < -0.39 is 17.4 Å². The molecule has 0 aromatic heterocycles. The second kappa shape index (κ2) is 1.40. The quantitative estimate of drug-likeness (QED) is 0.558. The lowest BCUT2D eigenvalue weighted by Crippen LogP contribution is -2.08. The van der Waals surface area contributed by atoms with Crippen LogP contribution in [0.1, 0.15) is 12.8 Å². The van der Waals surface area contributed by atoms with Crippen LogP contribution in [0.3, 0.4) is 0 Å². The Balaban J connectivity index is 0.000000405. The van der Waals surface area contributed by atoms with E-state index in [0.29, 0.717) is 12.8 Å². The third-order valence-corrected chi connectivity index (χ3v) is 2.36. The van der Waals surface area contributed by atoms with E-state index in [1.54, 1.807) is 0 Å². The third kappa shape index (κ3) is 0.521. The SMILES string of the molecule is Cl.NC1C(F)(F)C12CC2. The molecule has 1 nitrogen and oxygen atoms in total. The first-order chi connectivity index (χ1) is 3.61. The van der Waals surface area contributed by atoms with Crippen molar-refractivity contribution in [1.29, 1.82) is 0 Å². The van der Waals surface area contributed by atoms with Gasteiger partial charge < -0.3 is 5.73 Å². The van der Waals surface area contributed by atoms with E-state index in [0.717, 1.165) is 0 Å². The van der Waals surface area contributed by atoms with Crippen LogP contribution in [0, 0.1) is 5.41 Å². The zero-order valence-electron chi connectivity index (χ0n) is 4.73. The average molecular weight is 156 g/mol. The summed E-state index contributed by atoms with van der Waals surface area (Å²) in [5.41, 5.74) is 4.39. The largest absolute Gasteiger partial charge is 0.322 e. The number of alkyl halides is 2. The molecule has 2 saturated carbocycles. The van der Waals surface area contributed by atoms with Crippen molar-refractivity contribution < 1.29 is 8.78 Å². The maximum Gasteiger partial charge on any atom is 0.270 e. The lowest BCUT2D eigenvalue weighted by atomic mass is 10.4. The van der Waals surface area contributed by atoms with Gasteiger partial charge in [-0.25, -0.2) is 8.78 Å². The minimum atomic E-state index is -2.51. The molecule has 0 aliphatic heterocycles. The summed E-state index contributed by atoms with van der Waals surface area (Å²) >= 11 is 0. The van der Waals surface area contributed by atoms with Crippen molar-refractivity contribution in [2.75, 3.05) is 0 Å². The molecule has 0 bridgehead atoms. The average Bonchev–Trinajstić information content (AvgIpc) is 2.47. The van der Waals surface area contributed by atoms with Gasteiger partial charge in [0.05, 0.1) is 11.5 Å². The van der Waals surface area contributed by atoms with Crippen LogP contribution in [-0.4, -0.2) is 12.0 Å². The van der Waals surface area contributed by atoms with Crippen molar-refractivity contribution in [3.63, 3.8) is 0 Å². The Morgan fingerprint density at radius 2 is 1.67 bits per heavy atom. The smallest absolute Gasteiger partial charge is 0.270 e. The maximum atomic E-state index is 12.2. The van der Waals surface area contributed by atoms with Gasteiger partial charge in [-0.05, 0) is 12.8 Å². The molecule has 2 aliphatic carbocycles. The normalized spacial score (nSPS) is 39.7. The summed E-state index contributed by atoms with van der Waals surface area (Å²) in [7, 11) is 0. The van der Waals surface area contributed by atoms with E-state index in [2.05, 4.69) is 0 Å². The van der Waals surface area contributed by atoms with E-state index in [4.69, 9.17) is 5.73 Å². The fourth-order valence-electron chi connectivity index (χ4n) is 1.32. The number of hydrogen-bond acceptors (Lipinski definition) is 1. The monoisotopic (exact) mass is 155 g/mol. The summed E-state index contributed by atoms with van der Waals surface area (Å²) < 4.78 is 24.5. The van der Waals surface area contributed by atoms with Crippen LogP contribution in [0.15, 0.2) is 0 Å². The summed E-state index contributed by atoms with van der Waals surface area (Å²) in [6, 6.07) is -0.810. The molecule has 9 heavy (non-hydrogen) atoms. The number of hydrogen-bond donors (Lipinski definition) is 1. The van der Waals surface area contributed by atoms with Crippen LogP contribution in [0.25, 0.3) is 0 Å². The molecule has 1 atom stereocenters. The Morgan fingerprint density at radius 3 is 1.67 bits per heavy atom. The van der Waals surface area contributed by atoms with E-state index in [1.807, 2.05) is 0 Å². The highest BCUT2D eigenvalue weighted by Gasteiger charge is 2.85. The van der Waals surface area contributed by atoms with Crippen molar-refractivity contribution in [1.82, 2.24) is 0 Å². The molecule has 4 heteroatoms. The Hall–Kier alpha value is 0.110. The van der Waals surface area contributed by atoms with E-state index in [1.165, 1.54) is 0 Å². The van der Waals surface area contributed by atoms with Crippen molar-refractivity contribution in [2.24, 2.45) is 11.1 Å². The molecular formula is C5H8ClF2N. The van der Waals surface area contributed by atoms with Crippen LogP contribution in [-0.2, 0) is 0 Å². The second-order valence-corrected chi connectivity index (χ2v) is 2.76. The highest BCUT2D eigenvalue weighted by Crippen LogP contribution is 2.74. The summed E-state index contributed by atoms with van der Waals surface area (Å²) in [4.78, 5) is 0. The van der Waals surface area contributed by atoms with Gasteiger partial charge in [-0.15, -0.1) is 12.4 Å². The highest BCUT2D eigenvalue weighted by molar-refractivity contribution is 5.85. The van der Waals surface area contributed by atoms with Gasteiger partial charge in [-0.3, -0.25) is 0 Å². The van der Waals surface area contributed by atoms with E-state index in [-0.39, 0.29) is 12.4 Å². The molecule has 0 amide bonds. The molecular weight excluding hydrogens is 148 g/mol. The minimum absolute atomic E-state index is 0. The van der Waals surface area contributed by atoms with Gasteiger partial charge in [0.15, 0.2) is 0 Å². The summed E-state index contributed by atoms with van der Waals surface area (Å²) in [5, 5.41) is 0. The van der Waals surface area contributed by atoms with Crippen molar-refractivity contribution in [3.8, 4) is 0 Å². The van der Waals surface area contributed by atoms with E-state index >= 15 is 0 Å². The predicted molar refractivity (Wildman–Crippen MR) is 31.8 cm³/mol. The fourth-order valence-corrected chi connectivity index (χ4v) is 1.32. The molecule has 0 heterocycles. The maximum absolute atomic E-state index is 12.2. The molecule has 2 fully saturated rings. The van der Waals surface area contributed by atoms with Gasteiger partial charge in [0.25, 0.3) is 5.92 Å². The molecule has 2 rings (SSSR count). The van der Waals surface area contributed by atoms with Crippen LogP contribution < -0.4 is 5.73 Å². The topological polar surface area (TPSA) is 26.0 Å². The molecule has 0 radical (unpaired) electrons. The summed E-state index contributed by atoms with van der Waals surface area (Å²) in [5.74, 6) is -2.51. The van der Waals surface area contributed by atoms with Crippen molar-refractivity contribution >= 4 is 12.4 Å². The second-order valence-electron chi connectivity index (χ2n) is 2.76. The van der Waals surface area contributed by atoms with Crippen LogP contribution in [0.5, 0.6) is 0 Å². The molecule has 0 aromatic carbocycles. The molecule has 2 aliphatic rings. The molecule has 54 valence electrons. The van der Waals surface area contributed by atoms with Gasteiger partial charge >= 0.3 is 0 Å². The lowest BCUT2D eigenvalue weighted by molar-refractivity contribution is 0.0887. The Morgan fingerprint density at radius 1 is 1.33 bits per heavy atom. The first-order valence-corrected chi connectivity index (χ1v) is 2.75. The molecule has 1 unspecified atom stereocenters. The van der Waals surface area contributed by atoms with Gasteiger partial charge in [0.2, 0.25) is 0 Å². The third-order valence-electron chi connectivity index (χ3n) is 2.36. The van der Waals surface area contributed by atoms with Crippen LogP contribution in [0.4, 0.5) is 8.78 Å². The molecule has 0 aromatic rings. The Labute approximate surface area is 58.0 Å². The number of halogens is 3. The standard InChI is InChI=1S/C5H7F2N.ClH/c6-5(7)3(8)4(5)1-2-4;/h3H,1-2,8H2;1H. The molecule has 2 N–H and O–H groups in total. The predicted octanol–water partition coefficient (Wildman–Crippen LogP) is 1.16. The fraction of sp³-hybridized carbons (Fsp3) is 1.00. The lowest BCUT2D eigenvalue weighted by Gasteiger charge is -1.85. The van der Waals surface area contributed by atoms with Crippen LogP contribution >= 0.6 is 12.4 Å². The highest BCUT2D eigenvalue weighted by atomic mass is 35.5. The minimum Gasteiger partial charge on any atom is -0.322 e. The summed E-state index contributed by atoms with van der Waals surface area (Å²) in [6.07, 6.45) is 1.28. The van der Waals surface area contributed by atoms with Crippen molar-refractivity contribution in [3.05, 3.63) is 0 Å². The van der Waals surface area contributed by atoms with Gasteiger partial charge in [0, 0.05) is 0 Å². The van der Waals surface area contributed by atoms with Gasteiger partial charge in [-0.1, -0.05) is 0 Å². The number of nitrogens with two attached hydrogens (primary N) is 1. The zero-order chi connectivity index (χ0) is 5.99. The van der Waals surface area contributed by atoms with Gasteiger partial charge in [0.1, 0.15) is 0 Å². The molecule has 1 spiro atoms. The molecule has 0 saturated heterocycles. The van der Waals surface area contributed by atoms with Crippen molar-refractivity contribution in [2.45, 2.75) is 24.8 Å². The zero-order valence-corrected chi connectivity index (χ0v) is 5.55. The number of rotatable bonds is 0.